The second kappa shape index (κ2) is 7.56. The van der Waals surface area contributed by atoms with Crippen LogP contribution in [0.3, 0.4) is 0 Å². The minimum absolute atomic E-state index is 0.768. The minimum Gasteiger partial charge on any atom is -0.371 e. The van der Waals surface area contributed by atoms with Gasteiger partial charge in [-0.2, -0.15) is 0 Å². The van der Waals surface area contributed by atoms with Crippen LogP contribution in [0.25, 0.3) is 22.9 Å². The first-order chi connectivity index (χ1) is 13.1. The zero-order valence-electron chi connectivity index (χ0n) is 16.6. The van der Waals surface area contributed by atoms with Crippen LogP contribution < -0.4 is 4.90 Å². The SMILES string of the molecule is Cc1cnc(/C=C\c2cccc3cccc(C)c23)cc1N1CCCC(C)C1. The van der Waals surface area contributed by atoms with Crippen molar-refractivity contribution in [3.8, 4) is 0 Å². The van der Waals surface area contributed by atoms with E-state index >= 15 is 0 Å². The highest BCUT2D eigenvalue weighted by Crippen LogP contribution is 2.28. The van der Waals surface area contributed by atoms with E-state index in [1.54, 1.807) is 0 Å². The predicted octanol–water partition coefficient (Wildman–Crippen LogP) is 6.26. The van der Waals surface area contributed by atoms with E-state index < -0.39 is 0 Å². The van der Waals surface area contributed by atoms with Gasteiger partial charge in [0.15, 0.2) is 0 Å². The Kier molecular flexibility index (Phi) is 4.98. The number of fused-ring (bicyclic) bond motifs is 1. The molecule has 2 heteroatoms. The lowest BCUT2D eigenvalue weighted by Gasteiger charge is -2.33. The van der Waals surface area contributed by atoms with Crippen LogP contribution in [-0.2, 0) is 0 Å². The molecule has 1 aliphatic heterocycles. The lowest BCUT2D eigenvalue weighted by molar-refractivity contribution is 0.446. The maximum atomic E-state index is 4.66. The fourth-order valence-electron chi connectivity index (χ4n) is 4.25. The van der Waals surface area contributed by atoms with Gasteiger partial charge in [-0.25, -0.2) is 0 Å². The van der Waals surface area contributed by atoms with E-state index in [9.17, 15) is 0 Å². The van der Waals surface area contributed by atoms with Gasteiger partial charge in [0.25, 0.3) is 0 Å². The third kappa shape index (κ3) is 3.75. The first-order valence-corrected chi connectivity index (χ1v) is 10.00. The molecule has 1 unspecified atom stereocenters. The van der Waals surface area contributed by atoms with Gasteiger partial charge in [0.05, 0.1) is 5.69 Å². The van der Waals surface area contributed by atoms with E-state index in [4.69, 9.17) is 0 Å². The van der Waals surface area contributed by atoms with Crippen LogP contribution in [-0.4, -0.2) is 18.1 Å². The van der Waals surface area contributed by atoms with E-state index in [2.05, 4.69) is 85.3 Å². The number of aromatic nitrogens is 1. The van der Waals surface area contributed by atoms with Gasteiger partial charge in [-0.1, -0.05) is 49.4 Å². The Bertz CT molecular complexity index is 982. The minimum atomic E-state index is 0.768. The molecule has 2 nitrogen and oxygen atoms in total. The largest absolute Gasteiger partial charge is 0.371 e. The molecule has 0 saturated carbocycles. The Balaban J connectivity index is 1.66. The van der Waals surface area contributed by atoms with E-state index in [-0.39, 0.29) is 0 Å². The van der Waals surface area contributed by atoms with E-state index in [1.807, 2.05) is 6.20 Å². The maximum Gasteiger partial charge on any atom is 0.0650 e. The van der Waals surface area contributed by atoms with Crippen molar-refractivity contribution in [3.63, 3.8) is 0 Å². The quantitative estimate of drug-likeness (QED) is 0.551. The van der Waals surface area contributed by atoms with Crippen LogP contribution in [0.1, 0.15) is 42.1 Å². The van der Waals surface area contributed by atoms with Crippen LogP contribution in [0, 0.1) is 19.8 Å². The molecule has 0 aliphatic carbocycles. The Labute approximate surface area is 162 Å². The summed E-state index contributed by atoms with van der Waals surface area (Å²) in [6, 6.07) is 15.2. The molecule has 0 amide bonds. The second-order valence-corrected chi connectivity index (χ2v) is 7.94. The monoisotopic (exact) mass is 356 g/mol. The first kappa shape index (κ1) is 17.8. The molecule has 2 heterocycles. The molecule has 0 spiro atoms. The highest BCUT2D eigenvalue weighted by Gasteiger charge is 2.18. The van der Waals surface area contributed by atoms with Gasteiger partial charge in [-0.3, -0.25) is 4.98 Å². The van der Waals surface area contributed by atoms with E-state index in [0.717, 1.165) is 24.7 Å². The topological polar surface area (TPSA) is 16.1 Å². The zero-order valence-corrected chi connectivity index (χ0v) is 16.6. The molecule has 1 saturated heterocycles. The van der Waals surface area contributed by atoms with Gasteiger partial charge in [0, 0.05) is 25.0 Å². The molecule has 1 aromatic heterocycles. The predicted molar refractivity (Wildman–Crippen MR) is 117 cm³/mol. The zero-order chi connectivity index (χ0) is 18.8. The third-order valence-electron chi connectivity index (χ3n) is 5.67. The number of hydrogen-bond acceptors (Lipinski definition) is 2. The van der Waals surface area contributed by atoms with Crippen molar-refractivity contribution >= 4 is 28.6 Å². The smallest absolute Gasteiger partial charge is 0.0650 e. The van der Waals surface area contributed by atoms with Gasteiger partial charge in [0.2, 0.25) is 0 Å². The summed E-state index contributed by atoms with van der Waals surface area (Å²) in [4.78, 5) is 7.19. The van der Waals surface area contributed by atoms with Crippen LogP contribution in [0.2, 0.25) is 0 Å². The van der Waals surface area contributed by atoms with Gasteiger partial charge < -0.3 is 4.90 Å². The number of piperidine rings is 1. The maximum absolute atomic E-state index is 4.66. The molecule has 138 valence electrons. The van der Waals surface area contributed by atoms with Gasteiger partial charge in [-0.05, 0) is 72.2 Å². The molecule has 27 heavy (non-hydrogen) atoms. The highest BCUT2D eigenvalue weighted by atomic mass is 15.1. The van der Waals surface area contributed by atoms with Gasteiger partial charge >= 0.3 is 0 Å². The summed E-state index contributed by atoms with van der Waals surface area (Å²) in [6.07, 6.45) is 8.99. The summed E-state index contributed by atoms with van der Waals surface area (Å²) >= 11 is 0. The Morgan fingerprint density at radius 1 is 1.04 bits per heavy atom. The summed E-state index contributed by atoms with van der Waals surface area (Å²) in [5, 5.41) is 2.62. The summed E-state index contributed by atoms with van der Waals surface area (Å²) in [7, 11) is 0. The second-order valence-electron chi connectivity index (χ2n) is 7.94. The Hall–Kier alpha value is -2.61. The molecular weight excluding hydrogens is 328 g/mol. The lowest BCUT2D eigenvalue weighted by atomic mass is 9.98. The van der Waals surface area contributed by atoms with Crippen molar-refractivity contribution in [1.82, 2.24) is 4.98 Å². The molecule has 0 bridgehead atoms. The van der Waals surface area contributed by atoms with Gasteiger partial charge in [0.1, 0.15) is 0 Å². The average molecular weight is 357 g/mol. The summed E-state index contributed by atoms with van der Waals surface area (Å²) in [6.45, 7) is 9.01. The first-order valence-electron chi connectivity index (χ1n) is 10.00. The van der Waals surface area contributed by atoms with Crippen LogP contribution in [0.5, 0.6) is 0 Å². The van der Waals surface area contributed by atoms with Crippen molar-refractivity contribution in [1.29, 1.82) is 0 Å². The summed E-state index contributed by atoms with van der Waals surface area (Å²) in [5.74, 6) is 0.768. The molecule has 1 atom stereocenters. The highest BCUT2D eigenvalue weighted by molar-refractivity contribution is 5.95. The molecule has 2 aromatic carbocycles. The summed E-state index contributed by atoms with van der Waals surface area (Å²) < 4.78 is 0. The molecule has 0 N–H and O–H groups in total. The average Bonchev–Trinajstić information content (AvgIpc) is 2.67. The van der Waals surface area contributed by atoms with E-state index in [0.29, 0.717) is 0 Å². The summed E-state index contributed by atoms with van der Waals surface area (Å²) in [5.41, 5.74) is 6.20. The van der Waals surface area contributed by atoms with Gasteiger partial charge in [-0.15, -0.1) is 0 Å². The molecule has 4 rings (SSSR count). The molecule has 1 fully saturated rings. The third-order valence-corrected chi connectivity index (χ3v) is 5.67. The molecule has 0 radical (unpaired) electrons. The standard InChI is InChI=1S/C25H28N2/c1-18-7-6-14-27(17-18)24-15-23(26-16-20(24)3)13-12-22-11-5-10-21-9-4-8-19(2)25(21)22/h4-5,8-13,15-16,18H,6-7,14,17H2,1-3H3/b13-12-. The van der Waals surface area contributed by atoms with Crippen LogP contribution in [0.15, 0.2) is 48.7 Å². The van der Waals surface area contributed by atoms with Crippen molar-refractivity contribution in [2.24, 2.45) is 5.92 Å². The number of rotatable bonds is 3. The van der Waals surface area contributed by atoms with Crippen molar-refractivity contribution in [2.75, 3.05) is 18.0 Å². The fourth-order valence-corrected chi connectivity index (χ4v) is 4.25. The van der Waals surface area contributed by atoms with E-state index in [1.165, 1.54) is 46.0 Å². The van der Waals surface area contributed by atoms with Crippen molar-refractivity contribution < 1.29 is 0 Å². The fraction of sp³-hybridized carbons (Fsp3) is 0.320. The van der Waals surface area contributed by atoms with Crippen LogP contribution in [0.4, 0.5) is 5.69 Å². The van der Waals surface area contributed by atoms with Crippen LogP contribution >= 0.6 is 0 Å². The van der Waals surface area contributed by atoms with Crippen molar-refractivity contribution in [2.45, 2.75) is 33.6 Å². The number of hydrogen-bond donors (Lipinski definition) is 0. The Morgan fingerprint density at radius 3 is 2.67 bits per heavy atom. The van der Waals surface area contributed by atoms with Crippen molar-refractivity contribution in [3.05, 3.63) is 71.0 Å². The molecular formula is C25H28N2. The number of aryl methyl sites for hydroxylation is 2. The lowest BCUT2D eigenvalue weighted by Crippen LogP contribution is -2.34. The normalized spacial score (nSPS) is 17.7. The number of anilines is 1. The number of benzene rings is 2. The number of pyridine rings is 1. The number of nitrogens with zero attached hydrogens (tertiary/aromatic N) is 2. The molecule has 1 aliphatic rings. The molecule has 3 aromatic rings. The Morgan fingerprint density at radius 2 is 1.85 bits per heavy atom.